The molecule has 0 saturated carbocycles. The second-order valence-corrected chi connectivity index (χ2v) is 8.06. The molecule has 3 rings (SSSR count). The van der Waals surface area contributed by atoms with Crippen molar-refractivity contribution in [3.05, 3.63) is 35.9 Å². The molecule has 0 aliphatic carbocycles. The molecule has 162 valence electrons. The number of hydroxylamine groups is 2. The van der Waals surface area contributed by atoms with Crippen LogP contribution in [-0.2, 0) is 30.4 Å². The van der Waals surface area contributed by atoms with Gasteiger partial charge in [0.25, 0.3) is 0 Å². The van der Waals surface area contributed by atoms with E-state index in [1.54, 1.807) is 12.0 Å². The molecule has 0 radical (unpaired) electrons. The van der Waals surface area contributed by atoms with Gasteiger partial charge in [-0.05, 0) is 18.4 Å². The van der Waals surface area contributed by atoms with Gasteiger partial charge in [-0.2, -0.15) is 5.06 Å². The van der Waals surface area contributed by atoms with E-state index in [1.165, 1.54) is 7.11 Å². The number of carbonyl (C=O) groups excluding carboxylic acids is 1. The summed E-state index contributed by atoms with van der Waals surface area (Å²) in [5.41, 5.74) is -0.612. The maximum Gasteiger partial charge on any atom is 0.343 e. The summed E-state index contributed by atoms with van der Waals surface area (Å²) in [6.45, 7) is 5.87. The van der Waals surface area contributed by atoms with E-state index in [9.17, 15) is 15.0 Å². The molecule has 0 aromatic heterocycles. The van der Waals surface area contributed by atoms with Crippen LogP contribution in [0, 0.1) is 5.92 Å². The van der Waals surface area contributed by atoms with E-state index in [4.69, 9.17) is 19.0 Å². The van der Waals surface area contributed by atoms with E-state index in [1.807, 2.05) is 44.2 Å². The van der Waals surface area contributed by atoms with Gasteiger partial charge >= 0.3 is 5.97 Å². The first-order valence-corrected chi connectivity index (χ1v) is 9.99. The number of methoxy groups -OCH3 is 1. The molecule has 2 aliphatic heterocycles. The molecule has 2 heterocycles. The highest BCUT2D eigenvalue weighted by atomic mass is 16.7. The molecule has 1 aromatic carbocycles. The summed E-state index contributed by atoms with van der Waals surface area (Å²) in [4.78, 5) is 18.9. The van der Waals surface area contributed by atoms with Gasteiger partial charge in [-0.15, -0.1) is 0 Å². The largest absolute Gasteiger partial charge is 0.467 e. The normalized spacial score (nSPS) is 34.3. The van der Waals surface area contributed by atoms with Crippen molar-refractivity contribution in [2.75, 3.05) is 13.7 Å². The number of ether oxygens (including phenoxy) is 3. The second kappa shape index (κ2) is 9.07. The average Bonchev–Trinajstić information content (AvgIpc) is 3.09. The Balaban J connectivity index is 1.96. The van der Waals surface area contributed by atoms with E-state index in [2.05, 4.69) is 0 Å². The highest BCUT2D eigenvalue weighted by molar-refractivity contribution is 5.81. The van der Waals surface area contributed by atoms with Crippen LogP contribution in [0.2, 0.25) is 0 Å². The summed E-state index contributed by atoms with van der Waals surface area (Å²) in [5, 5.41) is 23.1. The van der Waals surface area contributed by atoms with Crippen LogP contribution in [0.3, 0.4) is 0 Å². The molecule has 8 nitrogen and oxygen atoms in total. The minimum Gasteiger partial charge on any atom is -0.467 e. The van der Waals surface area contributed by atoms with Crippen molar-refractivity contribution in [2.24, 2.45) is 5.92 Å². The number of aliphatic hydroxyl groups excluding tert-OH is 2. The number of benzene rings is 1. The van der Waals surface area contributed by atoms with Gasteiger partial charge in [0.1, 0.15) is 12.2 Å². The molecule has 0 spiro atoms. The fraction of sp³-hybridized carbons (Fsp3) is 0.667. The molecular weight excluding hydrogens is 378 g/mol. The van der Waals surface area contributed by atoms with E-state index in [-0.39, 0.29) is 18.9 Å². The number of nitrogens with zero attached hydrogens (tertiary/aromatic N) is 1. The van der Waals surface area contributed by atoms with Crippen LogP contribution in [0.25, 0.3) is 0 Å². The lowest BCUT2D eigenvalue weighted by Gasteiger charge is -2.38. The quantitative estimate of drug-likeness (QED) is 0.678. The third kappa shape index (κ3) is 4.47. The Labute approximate surface area is 171 Å². The third-order valence-corrected chi connectivity index (χ3v) is 5.59. The molecule has 2 N–H and O–H groups in total. The number of hydrogen-bond donors (Lipinski definition) is 2. The Kier molecular flexibility index (Phi) is 6.93. The van der Waals surface area contributed by atoms with Crippen molar-refractivity contribution in [3.8, 4) is 0 Å². The van der Waals surface area contributed by atoms with E-state index in [0.29, 0.717) is 6.54 Å². The summed E-state index contributed by atoms with van der Waals surface area (Å²) in [5.74, 6) is -0.889. The van der Waals surface area contributed by atoms with Crippen LogP contribution in [0.15, 0.2) is 30.3 Å². The van der Waals surface area contributed by atoms with Crippen LogP contribution in [0.4, 0.5) is 0 Å². The van der Waals surface area contributed by atoms with Gasteiger partial charge < -0.3 is 24.4 Å². The highest BCUT2D eigenvalue weighted by Crippen LogP contribution is 2.41. The molecule has 2 fully saturated rings. The van der Waals surface area contributed by atoms with Gasteiger partial charge in [0, 0.05) is 13.0 Å². The van der Waals surface area contributed by atoms with Crippen molar-refractivity contribution in [3.63, 3.8) is 0 Å². The topological polar surface area (TPSA) is 97.7 Å². The molecule has 29 heavy (non-hydrogen) atoms. The standard InChI is InChI=1S/C21H31NO7/c1-13(2)19(24)21(20(25)26-4)10-16(18-17(23)12-27-14(3)28-18)22(29-21)11-15-8-6-5-7-9-15/h5-9,13-14,16-19,23-24H,10-12H2,1-4H3/t14-,16-,17-,18+,19?,21-/m1/s1. The van der Waals surface area contributed by atoms with Crippen molar-refractivity contribution in [2.45, 2.75) is 70.0 Å². The maximum atomic E-state index is 12.8. The first-order valence-electron chi connectivity index (χ1n) is 9.99. The maximum absolute atomic E-state index is 12.8. The van der Waals surface area contributed by atoms with Crippen molar-refractivity contribution in [1.82, 2.24) is 5.06 Å². The predicted molar refractivity (Wildman–Crippen MR) is 103 cm³/mol. The van der Waals surface area contributed by atoms with Gasteiger partial charge in [0.05, 0.1) is 25.9 Å². The summed E-state index contributed by atoms with van der Waals surface area (Å²) in [6.07, 6.45) is -2.99. The second-order valence-electron chi connectivity index (χ2n) is 8.06. The van der Waals surface area contributed by atoms with E-state index >= 15 is 0 Å². The van der Waals surface area contributed by atoms with Gasteiger partial charge in [0.15, 0.2) is 6.29 Å². The van der Waals surface area contributed by atoms with Crippen LogP contribution in [0.1, 0.15) is 32.8 Å². The van der Waals surface area contributed by atoms with E-state index < -0.39 is 42.2 Å². The van der Waals surface area contributed by atoms with Crippen molar-refractivity contribution in [1.29, 1.82) is 0 Å². The first kappa shape index (κ1) is 22.1. The summed E-state index contributed by atoms with van der Waals surface area (Å²) < 4.78 is 16.2. The Bertz CT molecular complexity index is 685. The predicted octanol–water partition coefficient (Wildman–Crippen LogP) is 1.24. The van der Waals surface area contributed by atoms with Crippen LogP contribution >= 0.6 is 0 Å². The summed E-state index contributed by atoms with van der Waals surface area (Å²) >= 11 is 0. The zero-order chi connectivity index (χ0) is 21.2. The molecule has 1 unspecified atom stereocenters. The SMILES string of the molecule is COC(=O)[C@]1(C(O)C(C)C)C[C@H]([C@@H]2O[C@H](C)OC[C@H]2O)N(Cc2ccccc2)O1. The Morgan fingerprint density at radius 1 is 1.34 bits per heavy atom. The fourth-order valence-corrected chi connectivity index (χ4v) is 4.07. The van der Waals surface area contributed by atoms with Gasteiger partial charge in [0.2, 0.25) is 5.60 Å². The lowest BCUT2D eigenvalue weighted by atomic mass is 9.82. The fourth-order valence-electron chi connectivity index (χ4n) is 4.07. The monoisotopic (exact) mass is 409 g/mol. The molecule has 6 atom stereocenters. The zero-order valence-corrected chi connectivity index (χ0v) is 17.4. The number of rotatable bonds is 6. The Hall–Kier alpha value is -1.55. The van der Waals surface area contributed by atoms with E-state index in [0.717, 1.165) is 5.56 Å². The lowest BCUT2D eigenvalue weighted by molar-refractivity contribution is -0.286. The minimum atomic E-state index is -1.58. The number of aliphatic hydroxyl groups is 2. The highest BCUT2D eigenvalue weighted by Gasteiger charge is 2.60. The van der Waals surface area contributed by atoms with Gasteiger partial charge in [-0.3, -0.25) is 4.84 Å². The molecule has 0 bridgehead atoms. The summed E-state index contributed by atoms with van der Waals surface area (Å²) in [7, 11) is 1.28. The first-order chi connectivity index (χ1) is 13.8. The van der Waals surface area contributed by atoms with Crippen molar-refractivity contribution >= 4 is 5.97 Å². The summed E-state index contributed by atoms with van der Waals surface area (Å²) in [6, 6.07) is 9.16. The van der Waals surface area contributed by atoms with Gasteiger partial charge in [-0.1, -0.05) is 44.2 Å². The molecule has 2 aliphatic rings. The number of hydrogen-bond acceptors (Lipinski definition) is 8. The Morgan fingerprint density at radius 2 is 2.03 bits per heavy atom. The zero-order valence-electron chi connectivity index (χ0n) is 17.4. The smallest absolute Gasteiger partial charge is 0.343 e. The van der Waals surface area contributed by atoms with Crippen molar-refractivity contribution < 1.29 is 34.1 Å². The molecule has 8 heteroatoms. The molecule has 0 amide bonds. The molecule has 2 saturated heterocycles. The number of carbonyl (C=O) groups is 1. The lowest BCUT2D eigenvalue weighted by Crippen LogP contribution is -2.54. The van der Waals surface area contributed by atoms with Crippen LogP contribution in [-0.4, -0.2) is 71.2 Å². The van der Waals surface area contributed by atoms with Crippen LogP contribution < -0.4 is 0 Å². The number of esters is 1. The molecular formula is C21H31NO7. The molecule has 1 aromatic rings. The Morgan fingerprint density at radius 3 is 2.66 bits per heavy atom. The average molecular weight is 409 g/mol. The third-order valence-electron chi connectivity index (χ3n) is 5.59. The minimum absolute atomic E-state index is 0.124. The van der Waals surface area contributed by atoms with Gasteiger partial charge in [-0.25, -0.2) is 4.79 Å². The van der Waals surface area contributed by atoms with Crippen LogP contribution in [0.5, 0.6) is 0 Å².